The minimum absolute atomic E-state index is 0.251. The predicted molar refractivity (Wildman–Crippen MR) is 62.7 cm³/mol. The normalized spacial score (nSPS) is 13.0. The molecule has 16 heavy (non-hydrogen) atoms. The van der Waals surface area contributed by atoms with Gasteiger partial charge in [0.25, 0.3) is 0 Å². The Balaban J connectivity index is 4.22. The van der Waals surface area contributed by atoms with E-state index in [0.717, 1.165) is 6.42 Å². The highest BCUT2D eigenvalue weighted by Gasteiger charge is 2.20. The van der Waals surface area contributed by atoms with Crippen LogP contribution >= 0.6 is 0 Å². The molecule has 0 aliphatic carbocycles. The third kappa shape index (κ3) is 7.05. The van der Waals surface area contributed by atoms with Crippen LogP contribution in [0.15, 0.2) is 0 Å². The number of carbonyl (C=O) groups is 2. The van der Waals surface area contributed by atoms with Gasteiger partial charge in [-0.25, -0.2) is 4.79 Å². The van der Waals surface area contributed by atoms with E-state index in [1.807, 2.05) is 20.8 Å². The molecule has 0 saturated carbocycles. The molecule has 0 fully saturated rings. The summed E-state index contributed by atoms with van der Waals surface area (Å²) < 4.78 is 0. The van der Waals surface area contributed by atoms with Crippen molar-refractivity contribution in [3.8, 4) is 0 Å². The van der Waals surface area contributed by atoms with Crippen molar-refractivity contribution in [1.82, 2.24) is 10.6 Å². The summed E-state index contributed by atoms with van der Waals surface area (Å²) >= 11 is 0. The molecule has 0 aromatic heterocycles. The zero-order valence-electron chi connectivity index (χ0n) is 10.2. The molecule has 6 heteroatoms. The van der Waals surface area contributed by atoms with E-state index in [1.54, 1.807) is 0 Å². The number of nitrogens with two attached hydrogens (primary N) is 2. The number of primary amides is 1. The molecule has 3 amide bonds. The van der Waals surface area contributed by atoms with Gasteiger partial charge < -0.3 is 22.1 Å². The average molecular weight is 230 g/mol. The second kappa shape index (κ2) is 6.32. The first-order valence-electron chi connectivity index (χ1n) is 5.39. The number of urea groups is 1. The molecule has 0 heterocycles. The van der Waals surface area contributed by atoms with Gasteiger partial charge in [0.2, 0.25) is 5.91 Å². The Bertz CT molecular complexity index is 248. The lowest BCUT2D eigenvalue weighted by atomic mass is 10.1. The summed E-state index contributed by atoms with van der Waals surface area (Å²) in [7, 11) is 0. The molecular weight excluding hydrogens is 208 g/mol. The van der Waals surface area contributed by atoms with Gasteiger partial charge in [0.1, 0.15) is 6.04 Å². The quantitative estimate of drug-likeness (QED) is 0.501. The number of carbonyl (C=O) groups excluding carboxylic acids is 2. The van der Waals surface area contributed by atoms with Crippen LogP contribution in [0.25, 0.3) is 0 Å². The second-order valence-electron chi connectivity index (χ2n) is 4.56. The van der Waals surface area contributed by atoms with Crippen molar-refractivity contribution in [1.29, 1.82) is 0 Å². The van der Waals surface area contributed by atoms with Crippen molar-refractivity contribution >= 4 is 11.9 Å². The lowest BCUT2D eigenvalue weighted by Gasteiger charge is -2.22. The lowest BCUT2D eigenvalue weighted by Crippen LogP contribution is -2.52. The van der Waals surface area contributed by atoms with Crippen LogP contribution < -0.4 is 22.1 Å². The van der Waals surface area contributed by atoms with Crippen molar-refractivity contribution in [3.63, 3.8) is 0 Å². The number of hydrogen-bond acceptors (Lipinski definition) is 3. The van der Waals surface area contributed by atoms with E-state index >= 15 is 0 Å². The summed E-state index contributed by atoms with van der Waals surface area (Å²) in [5.74, 6) is -0.251. The van der Waals surface area contributed by atoms with Gasteiger partial charge in [0.15, 0.2) is 0 Å². The van der Waals surface area contributed by atoms with Gasteiger partial charge in [-0.1, -0.05) is 13.3 Å². The second-order valence-corrected chi connectivity index (χ2v) is 4.56. The third-order valence-electron chi connectivity index (χ3n) is 1.93. The molecule has 0 radical (unpaired) electrons. The van der Waals surface area contributed by atoms with Crippen LogP contribution in [0.4, 0.5) is 4.79 Å². The Morgan fingerprint density at radius 2 is 1.94 bits per heavy atom. The van der Waals surface area contributed by atoms with E-state index < -0.39 is 17.6 Å². The molecule has 0 aromatic carbocycles. The fraction of sp³-hybridized carbons (Fsp3) is 0.800. The first kappa shape index (κ1) is 14.7. The Kier molecular flexibility index (Phi) is 5.81. The minimum atomic E-state index is -0.694. The van der Waals surface area contributed by atoms with E-state index in [1.165, 1.54) is 0 Å². The predicted octanol–water partition coefficient (Wildman–Crippen LogP) is -0.323. The maximum Gasteiger partial charge on any atom is 0.312 e. The molecule has 6 nitrogen and oxygen atoms in total. The first-order chi connectivity index (χ1) is 7.26. The monoisotopic (exact) mass is 230 g/mol. The van der Waals surface area contributed by atoms with Gasteiger partial charge in [0.05, 0.1) is 0 Å². The molecule has 0 aromatic rings. The molecule has 1 atom stereocenters. The zero-order chi connectivity index (χ0) is 12.8. The molecule has 0 bridgehead atoms. The van der Waals surface area contributed by atoms with Crippen LogP contribution in [0.5, 0.6) is 0 Å². The van der Waals surface area contributed by atoms with E-state index in [2.05, 4.69) is 10.6 Å². The fourth-order valence-corrected chi connectivity index (χ4v) is 1.17. The molecule has 0 aliphatic heterocycles. The maximum atomic E-state index is 11.7. The van der Waals surface area contributed by atoms with Gasteiger partial charge in [-0.3, -0.25) is 4.79 Å². The molecule has 6 N–H and O–H groups in total. The van der Waals surface area contributed by atoms with Crippen molar-refractivity contribution in [2.75, 3.05) is 6.54 Å². The molecular formula is C10H22N4O2. The van der Waals surface area contributed by atoms with Crippen LogP contribution in [-0.2, 0) is 4.79 Å². The first-order valence-corrected chi connectivity index (χ1v) is 5.39. The highest BCUT2D eigenvalue weighted by atomic mass is 16.2. The van der Waals surface area contributed by atoms with E-state index in [-0.39, 0.29) is 5.91 Å². The van der Waals surface area contributed by atoms with Crippen LogP contribution in [-0.4, -0.2) is 30.1 Å². The SMILES string of the molecule is CCC[C@@H](NC(N)=O)C(=O)NCC(C)(C)N. The summed E-state index contributed by atoms with van der Waals surface area (Å²) in [4.78, 5) is 22.4. The van der Waals surface area contributed by atoms with Crippen molar-refractivity contribution < 1.29 is 9.59 Å². The van der Waals surface area contributed by atoms with E-state index in [4.69, 9.17) is 11.5 Å². The zero-order valence-corrected chi connectivity index (χ0v) is 10.2. The van der Waals surface area contributed by atoms with Crippen LogP contribution in [0, 0.1) is 0 Å². The minimum Gasteiger partial charge on any atom is -0.352 e. The standard InChI is InChI=1S/C10H22N4O2/c1-4-5-7(14-9(11)16)8(15)13-6-10(2,3)12/h7H,4-6,12H2,1-3H3,(H,13,15)(H3,11,14,16)/t7-/m1/s1. The smallest absolute Gasteiger partial charge is 0.312 e. The summed E-state index contributed by atoms with van der Waals surface area (Å²) in [5, 5.41) is 5.08. The molecule has 0 aliphatic rings. The highest BCUT2D eigenvalue weighted by molar-refractivity contribution is 5.86. The molecule has 0 rings (SSSR count). The van der Waals surface area contributed by atoms with Gasteiger partial charge in [0, 0.05) is 12.1 Å². The molecule has 94 valence electrons. The van der Waals surface area contributed by atoms with E-state index in [0.29, 0.717) is 13.0 Å². The number of hydrogen-bond donors (Lipinski definition) is 4. The maximum absolute atomic E-state index is 11.7. The Hall–Kier alpha value is -1.30. The summed E-state index contributed by atoms with van der Waals surface area (Å²) in [6.45, 7) is 5.90. The third-order valence-corrected chi connectivity index (χ3v) is 1.93. The fourth-order valence-electron chi connectivity index (χ4n) is 1.17. The van der Waals surface area contributed by atoms with Crippen molar-refractivity contribution in [3.05, 3.63) is 0 Å². The summed E-state index contributed by atoms with van der Waals surface area (Å²) in [5.41, 5.74) is 10.2. The Morgan fingerprint density at radius 3 is 2.31 bits per heavy atom. The molecule has 0 unspecified atom stereocenters. The average Bonchev–Trinajstić information content (AvgIpc) is 2.11. The Labute approximate surface area is 96.1 Å². The van der Waals surface area contributed by atoms with Gasteiger partial charge in [-0.05, 0) is 20.3 Å². The summed E-state index contributed by atoms with van der Waals surface area (Å²) in [6, 6.07) is -1.27. The van der Waals surface area contributed by atoms with Crippen molar-refractivity contribution in [2.24, 2.45) is 11.5 Å². The topological polar surface area (TPSA) is 110 Å². The van der Waals surface area contributed by atoms with Crippen molar-refractivity contribution in [2.45, 2.75) is 45.2 Å². The number of nitrogens with one attached hydrogen (secondary N) is 2. The van der Waals surface area contributed by atoms with Crippen LogP contribution in [0.3, 0.4) is 0 Å². The van der Waals surface area contributed by atoms with Gasteiger partial charge in [-0.2, -0.15) is 0 Å². The lowest BCUT2D eigenvalue weighted by molar-refractivity contribution is -0.123. The van der Waals surface area contributed by atoms with Gasteiger partial charge in [-0.15, -0.1) is 0 Å². The van der Waals surface area contributed by atoms with Crippen LogP contribution in [0.2, 0.25) is 0 Å². The molecule has 0 spiro atoms. The number of amides is 3. The highest BCUT2D eigenvalue weighted by Crippen LogP contribution is 1.98. The largest absolute Gasteiger partial charge is 0.352 e. The molecule has 0 saturated heterocycles. The Morgan fingerprint density at radius 1 is 1.38 bits per heavy atom. The number of rotatable bonds is 6. The van der Waals surface area contributed by atoms with E-state index in [9.17, 15) is 9.59 Å². The van der Waals surface area contributed by atoms with Gasteiger partial charge >= 0.3 is 6.03 Å². The summed E-state index contributed by atoms with van der Waals surface area (Å²) in [6.07, 6.45) is 1.34. The van der Waals surface area contributed by atoms with Crippen LogP contribution in [0.1, 0.15) is 33.6 Å².